The molecule has 164 valence electrons. The highest BCUT2D eigenvalue weighted by Gasteiger charge is 2.46. The minimum Gasteiger partial charge on any atom is -0.391 e. The average Bonchev–Trinajstić information content (AvgIpc) is 2.65. The molecule has 0 bridgehead atoms. The summed E-state index contributed by atoms with van der Waals surface area (Å²) in [7, 11) is -5.63. The molecule has 0 fully saturated rings. The van der Waals surface area contributed by atoms with Crippen molar-refractivity contribution in [2.75, 3.05) is 4.72 Å². The number of hydrogen-bond donors (Lipinski definition) is 1. The van der Waals surface area contributed by atoms with Crippen molar-refractivity contribution in [1.82, 2.24) is 0 Å². The summed E-state index contributed by atoms with van der Waals surface area (Å²) in [6, 6.07) is 8.63. The quantitative estimate of drug-likeness (QED) is 0.325. The molecule has 2 aromatic carbocycles. The van der Waals surface area contributed by atoms with Crippen molar-refractivity contribution in [3.05, 3.63) is 62.6 Å². The first-order valence-corrected chi connectivity index (χ1v) is 11.1. The Bertz CT molecular complexity index is 1040. The maximum Gasteiger partial charge on any atom is 0.516 e. The van der Waals surface area contributed by atoms with E-state index in [9.17, 15) is 21.6 Å². The van der Waals surface area contributed by atoms with Gasteiger partial charge in [0.15, 0.2) is 0 Å². The first-order valence-electron chi connectivity index (χ1n) is 8.47. The van der Waals surface area contributed by atoms with Crippen molar-refractivity contribution in [3.8, 4) is 0 Å². The summed E-state index contributed by atoms with van der Waals surface area (Å²) in [6.45, 7) is 1.75. The zero-order valence-electron chi connectivity index (χ0n) is 15.4. The van der Waals surface area contributed by atoms with Crippen LogP contribution in [-0.4, -0.2) is 19.6 Å². The number of rotatable bonds is 8. The molecule has 1 N–H and O–H groups in total. The van der Waals surface area contributed by atoms with E-state index in [1.807, 2.05) is 6.92 Å². The Balaban J connectivity index is 2.37. The lowest BCUT2D eigenvalue weighted by Crippen LogP contribution is -2.30. The highest BCUT2D eigenvalue weighted by atomic mass is 35.5. The number of oxime groups is 1. The molecule has 0 aromatic heterocycles. The molecule has 0 aliphatic heterocycles. The van der Waals surface area contributed by atoms with E-state index in [4.69, 9.17) is 39.6 Å². The van der Waals surface area contributed by atoms with Crippen molar-refractivity contribution in [2.45, 2.75) is 31.9 Å². The van der Waals surface area contributed by atoms with Crippen LogP contribution in [0.4, 0.5) is 18.9 Å². The monoisotopic (exact) mass is 502 g/mol. The third-order valence-corrected chi connectivity index (χ3v) is 5.95. The van der Waals surface area contributed by atoms with E-state index in [1.54, 1.807) is 18.2 Å². The van der Waals surface area contributed by atoms with Crippen LogP contribution in [0.1, 0.15) is 30.9 Å². The average molecular weight is 504 g/mol. The summed E-state index contributed by atoms with van der Waals surface area (Å²) in [5, 5.41) is 4.78. The fourth-order valence-corrected chi connectivity index (χ4v) is 3.48. The summed E-state index contributed by atoms with van der Waals surface area (Å²) >= 11 is 18.0. The van der Waals surface area contributed by atoms with Crippen molar-refractivity contribution in [2.24, 2.45) is 5.16 Å². The molecule has 5 nitrogen and oxygen atoms in total. The van der Waals surface area contributed by atoms with E-state index >= 15 is 0 Å². The van der Waals surface area contributed by atoms with Crippen LogP contribution in [0.25, 0.3) is 0 Å². The summed E-state index contributed by atoms with van der Waals surface area (Å²) in [5.74, 6) is 0. The Morgan fingerprint density at radius 2 is 1.87 bits per heavy atom. The van der Waals surface area contributed by atoms with Gasteiger partial charge in [-0.1, -0.05) is 65.4 Å². The van der Waals surface area contributed by atoms with Crippen LogP contribution < -0.4 is 4.72 Å². The lowest BCUT2D eigenvalue weighted by molar-refractivity contribution is -0.0429. The van der Waals surface area contributed by atoms with E-state index in [0.717, 1.165) is 6.07 Å². The summed E-state index contributed by atoms with van der Waals surface area (Å²) in [6.07, 6.45) is 0.836. The minimum atomic E-state index is -5.63. The second kappa shape index (κ2) is 10.1. The van der Waals surface area contributed by atoms with Gasteiger partial charge in [-0.3, -0.25) is 4.72 Å². The summed E-state index contributed by atoms with van der Waals surface area (Å²) in [5.41, 5.74) is -4.99. The maximum absolute atomic E-state index is 12.8. The summed E-state index contributed by atoms with van der Waals surface area (Å²) < 4.78 is 63.0. The standard InChI is InChI=1S/C18H16Cl3F3N2O3S/c1-2-4-15(25-29-10-11-5-3-6-14(20)17(11)21)13-9-12(19)7-8-16(13)26-30(27,28)18(22,23)24/h3,5-9,26H,2,4,10H2,1H3/b25-15+. The highest BCUT2D eigenvalue weighted by Crippen LogP contribution is 2.30. The van der Waals surface area contributed by atoms with Gasteiger partial charge >= 0.3 is 15.5 Å². The van der Waals surface area contributed by atoms with Crippen molar-refractivity contribution < 1.29 is 26.4 Å². The van der Waals surface area contributed by atoms with Crippen LogP contribution in [0, 0.1) is 0 Å². The number of hydrogen-bond acceptors (Lipinski definition) is 4. The van der Waals surface area contributed by atoms with Gasteiger partial charge in [0.2, 0.25) is 0 Å². The van der Waals surface area contributed by atoms with Crippen LogP contribution in [0.15, 0.2) is 41.6 Å². The molecular formula is C18H16Cl3F3N2O3S. The minimum absolute atomic E-state index is 0.0587. The van der Waals surface area contributed by atoms with Crippen LogP contribution in [0.5, 0.6) is 0 Å². The third-order valence-electron chi connectivity index (χ3n) is 3.75. The molecule has 0 unspecified atom stereocenters. The molecule has 0 radical (unpaired) electrons. The molecule has 0 saturated carbocycles. The van der Waals surface area contributed by atoms with Gasteiger partial charge in [-0.15, -0.1) is 0 Å². The number of nitrogens with one attached hydrogen (secondary N) is 1. The number of nitrogens with zero attached hydrogens (tertiary/aromatic N) is 1. The molecule has 30 heavy (non-hydrogen) atoms. The maximum atomic E-state index is 12.8. The Morgan fingerprint density at radius 1 is 1.17 bits per heavy atom. The normalized spacial score (nSPS) is 12.7. The predicted octanol–water partition coefficient (Wildman–Crippen LogP) is 6.63. The van der Waals surface area contributed by atoms with E-state index in [1.165, 1.54) is 16.9 Å². The second-order valence-corrected chi connectivity index (χ2v) is 8.91. The molecule has 0 aliphatic carbocycles. The topological polar surface area (TPSA) is 67.8 Å². The fourth-order valence-electron chi connectivity index (χ4n) is 2.35. The third kappa shape index (κ3) is 6.16. The first kappa shape index (κ1) is 24.6. The lowest BCUT2D eigenvalue weighted by Gasteiger charge is -2.15. The Morgan fingerprint density at radius 3 is 2.50 bits per heavy atom. The van der Waals surface area contributed by atoms with Gasteiger partial charge in [0.1, 0.15) is 6.61 Å². The van der Waals surface area contributed by atoms with Crippen LogP contribution in [-0.2, 0) is 21.5 Å². The van der Waals surface area contributed by atoms with Crippen molar-refractivity contribution >= 4 is 56.2 Å². The van der Waals surface area contributed by atoms with E-state index in [-0.39, 0.29) is 40.0 Å². The van der Waals surface area contributed by atoms with Gasteiger partial charge in [0.25, 0.3) is 0 Å². The molecule has 0 saturated heterocycles. The second-order valence-electron chi connectivity index (χ2n) is 6.02. The SMILES string of the molecule is CCC/C(=N\OCc1cccc(Cl)c1Cl)c1cc(Cl)ccc1NS(=O)(=O)C(F)(F)F. The molecule has 2 rings (SSSR count). The largest absolute Gasteiger partial charge is 0.516 e. The van der Waals surface area contributed by atoms with Gasteiger partial charge in [-0.05, 0) is 30.7 Å². The number of halogens is 6. The number of sulfonamides is 1. The van der Waals surface area contributed by atoms with E-state index in [0.29, 0.717) is 17.0 Å². The molecule has 0 spiro atoms. The molecule has 2 aromatic rings. The zero-order chi connectivity index (χ0) is 22.5. The lowest BCUT2D eigenvalue weighted by atomic mass is 10.0. The predicted molar refractivity (Wildman–Crippen MR) is 113 cm³/mol. The Kier molecular flexibility index (Phi) is 8.27. The van der Waals surface area contributed by atoms with Gasteiger partial charge < -0.3 is 4.84 Å². The molecule has 0 amide bonds. The Hall–Kier alpha value is -1.68. The molecule has 0 heterocycles. The van der Waals surface area contributed by atoms with Crippen molar-refractivity contribution in [3.63, 3.8) is 0 Å². The van der Waals surface area contributed by atoms with Gasteiger partial charge in [-0.25, -0.2) is 0 Å². The number of alkyl halides is 3. The number of anilines is 1. The smallest absolute Gasteiger partial charge is 0.391 e. The van der Waals surface area contributed by atoms with Crippen LogP contribution in [0.2, 0.25) is 15.1 Å². The zero-order valence-corrected chi connectivity index (χ0v) is 18.5. The fraction of sp³-hybridized carbons (Fsp3) is 0.278. The van der Waals surface area contributed by atoms with Gasteiger partial charge in [0, 0.05) is 16.1 Å². The van der Waals surface area contributed by atoms with Crippen molar-refractivity contribution in [1.29, 1.82) is 0 Å². The van der Waals surface area contributed by atoms with Gasteiger partial charge in [-0.2, -0.15) is 21.6 Å². The van der Waals surface area contributed by atoms with Gasteiger partial charge in [0.05, 0.1) is 21.4 Å². The molecular weight excluding hydrogens is 488 g/mol. The highest BCUT2D eigenvalue weighted by molar-refractivity contribution is 7.93. The first-order chi connectivity index (χ1) is 14.0. The van der Waals surface area contributed by atoms with E-state index in [2.05, 4.69) is 5.16 Å². The van der Waals surface area contributed by atoms with Crippen LogP contribution >= 0.6 is 34.8 Å². The number of benzene rings is 2. The summed E-state index contributed by atoms with van der Waals surface area (Å²) in [4.78, 5) is 5.32. The molecule has 12 heteroatoms. The van der Waals surface area contributed by atoms with Crippen LogP contribution in [0.3, 0.4) is 0 Å². The molecule has 0 atom stereocenters. The molecule has 0 aliphatic rings. The Labute approximate surface area is 186 Å². The van der Waals surface area contributed by atoms with E-state index < -0.39 is 15.5 Å².